The normalized spacial score (nSPS) is 25.9. The standard InChI is InChI=1S/C26H35N2O3/c1-28(19-16-23-14-7-8-17-27-23)18-9-15-24(28)20-31-25(29)26(30,22-12-5-6-13-22)21-10-3-2-4-11-21/h2-4,7-8,10-11,14,17,22,24,30H,5-6,9,12-13,15-16,18-20H2,1H3/q+1/t24-,26?,28?/m1/s1. The molecule has 1 saturated heterocycles. The molecule has 0 bridgehead atoms. The summed E-state index contributed by atoms with van der Waals surface area (Å²) in [7, 11) is 2.26. The second-order valence-electron chi connectivity index (χ2n) is 9.51. The number of ether oxygens (including phenoxy) is 1. The predicted octanol–water partition coefficient (Wildman–Crippen LogP) is 3.85. The first-order valence-electron chi connectivity index (χ1n) is 11.7. The van der Waals surface area contributed by atoms with E-state index in [-0.39, 0.29) is 12.0 Å². The second-order valence-corrected chi connectivity index (χ2v) is 9.51. The molecule has 2 unspecified atom stereocenters. The van der Waals surface area contributed by atoms with Gasteiger partial charge < -0.3 is 14.3 Å². The maximum absolute atomic E-state index is 13.3. The molecular weight excluding hydrogens is 388 g/mol. The quantitative estimate of drug-likeness (QED) is 0.517. The Morgan fingerprint density at radius 1 is 1.10 bits per heavy atom. The molecule has 31 heavy (non-hydrogen) atoms. The number of hydrogen-bond donors (Lipinski definition) is 1. The molecule has 0 spiro atoms. The number of esters is 1. The molecule has 1 saturated carbocycles. The van der Waals surface area contributed by atoms with Crippen molar-refractivity contribution in [2.45, 2.75) is 56.6 Å². The van der Waals surface area contributed by atoms with Crippen molar-refractivity contribution in [3.63, 3.8) is 0 Å². The van der Waals surface area contributed by atoms with E-state index >= 15 is 0 Å². The van der Waals surface area contributed by atoms with Gasteiger partial charge in [0.25, 0.3) is 0 Å². The number of likely N-dealkylation sites (tertiary alicyclic amines) is 1. The Morgan fingerprint density at radius 3 is 2.55 bits per heavy atom. The molecule has 1 aromatic heterocycles. The second kappa shape index (κ2) is 9.49. The van der Waals surface area contributed by atoms with E-state index in [4.69, 9.17) is 4.74 Å². The number of aliphatic hydroxyl groups is 1. The molecule has 1 aromatic carbocycles. The van der Waals surface area contributed by atoms with Gasteiger partial charge in [0.05, 0.1) is 20.1 Å². The molecule has 1 aliphatic carbocycles. The van der Waals surface area contributed by atoms with Crippen LogP contribution in [-0.4, -0.2) is 53.3 Å². The van der Waals surface area contributed by atoms with Gasteiger partial charge in [0.2, 0.25) is 0 Å². The van der Waals surface area contributed by atoms with Gasteiger partial charge in [-0.1, -0.05) is 49.2 Å². The summed E-state index contributed by atoms with van der Waals surface area (Å²) in [6, 6.07) is 15.7. The zero-order valence-corrected chi connectivity index (χ0v) is 18.6. The topological polar surface area (TPSA) is 59.4 Å². The zero-order chi connectivity index (χ0) is 21.7. The lowest BCUT2D eigenvalue weighted by Crippen LogP contribution is -2.52. The number of carbonyl (C=O) groups is 1. The Bertz CT molecular complexity index is 853. The Labute approximate surface area is 185 Å². The molecule has 5 nitrogen and oxygen atoms in total. The number of carbonyl (C=O) groups excluding carboxylic acids is 1. The van der Waals surface area contributed by atoms with Crippen LogP contribution in [0.5, 0.6) is 0 Å². The van der Waals surface area contributed by atoms with Crippen molar-refractivity contribution in [1.29, 1.82) is 0 Å². The first kappa shape index (κ1) is 22.0. The summed E-state index contributed by atoms with van der Waals surface area (Å²) in [5.41, 5.74) is 0.211. The van der Waals surface area contributed by atoms with Crippen molar-refractivity contribution < 1.29 is 19.1 Å². The summed E-state index contributed by atoms with van der Waals surface area (Å²) >= 11 is 0. The number of quaternary nitrogens is 1. The zero-order valence-electron chi connectivity index (χ0n) is 18.6. The van der Waals surface area contributed by atoms with Crippen LogP contribution in [0.15, 0.2) is 54.7 Å². The highest BCUT2D eigenvalue weighted by molar-refractivity contribution is 5.81. The molecule has 2 aliphatic rings. The van der Waals surface area contributed by atoms with Crippen LogP contribution < -0.4 is 0 Å². The van der Waals surface area contributed by atoms with Gasteiger partial charge in [0.15, 0.2) is 5.60 Å². The minimum Gasteiger partial charge on any atom is -0.457 e. The van der Waals surface area contributed by atoms with Crippen molar-refractivity contribution in [2.24, 2.45) is 5.92 Å². The van der Waals surface area contributed by atoms with E-state index in [0.29, 0.717) is 12.2 Å². The van der Waals surface area contributed by atoms with Crippen LogP contribution in [0, 0.1) is 5.92 Å². The fraction of sp³-hybridized carbons (Fsp3) is 0.538. The first-order valence-corrected chi connectivity index (χ1v) is 11.7. The van der Waals surface area contributed by atoms with E-state index in [9.17, 15) is 9.90 Å². The van der Waals surface area contributed by atoms with Gasteiger partial charge in [-0.15, -0.1) is 0 Å². The summed E-state index contributed by atoms with van der Waals surface area (Å²) in [4.78, 5) is 17.8. The molecule has 166 valence electrons. The third kappa shape index (κ3) is 4.68. The van der Waals surface area contributed by atoms with E-state index in [0.717, 1.165) is 68.2 Å². The minimum absolute atomic E-state index is 0.0731. The molecule has 0 amide bonds. The van der Waals surface area contributed by atoms with Crippen molar-refractivity contribution >= 4 is 5.97 Å². The summed E-state index contributed by atoms with van der Waals surface area (Å²) in [6.45, 7) is 2.42. The Morgan fingerprint density at radius 2 is 1.84 bits per heavy atom. The molecule has 1 aliphatic heterocycles. The molecule has 2 fully saturated rings. The summed E-state index contributed by atoms with van der Waals surface area (Å²) in [6.07, 6.45) is 8.76. The maximum atomic E-state index is 13.3. The minimum atomic E-state index is -1.55. The van der Waals surface area contributed by atoms with Crippen molar-refractivity contribution in [1.82, 2.24) is 4.98 Å². The Kier molecular flexibility index (Phi) is 6.73. The van der Waals surface area contributed by atoms with E-state index in [1.807, 2.05) is 48.7 Å². The number of benzene rings is 1. The molecule has 3 atom stereocenters. The number of likely N-dealkylation sites (N-methyl/N-ethyl adjacent to an activating group) is 1. The van der Waals surface area contributed by atoms with Crippen LogP contribution in [0.1, 0.15) is 49.8 Å². The lowest BCUT2D eigenvalue weighted by Gasteiger charge is -2.37. The summed E-state index contributed by atoms with van der Waals surface area (Å²) in [5.74, 6) is -0.551. The van der Waals surface area contributed by atoms with Crippen LogP contribution in [0.2, 0.25) is 0 Å². The van der Waals surface area contributed by atoms with Gasteiger partial charge in [0.1, 0.15) is 12.6 Å². The number of pyridine rings is 1. The van der Waals surface area contributed by atoms with Crippen molar-refractivity contribution in [3.8, 4) is 0 Å². The van der Waals surface area contributed by atoms with Crippen LogP contribution in [-0.2, 0) is 21.6 Å². The molecular formula is C26H35N2O3+. The van der Waals surface area contributed by atoms with Crippen molar-refractivity contribution in [3.05, 3.63) is 66.0 Å². The molecule has 2 heterocycles. The Hall–Kier alpha value is -2.24. The Balaban J connectivity index is 1.43. The molecule has 1 N–H and O–H groups in total. The first-order chi connectivity index (χ1) is 15.0. The van der Waals surface area contributed by atoms with Crippen LogP contribution >= 0.6 is 0 Å². The molecule has 5 heteroatoms. The molecule has 2 aromatic rings. The molecule has 4 rings (SSSR count). The number of rotatable bonds is 8. The SMILES string of the molecule is C[N+]1(CCc2ccccn2)CCC[C@@H]1COC(=O)C(O)(c1ccccc1)C1CCCC1. The highest BCUT2D eigenvalue weighted by Crippen LogP contribution is 2.41. The van der Waals surface area contributed by atoms with E-state index in [1.165, 1.54) is 0 Å². The van der Waals surface area contributed by atoms with Crippen LogP contribution in [0.4, 0.5) is 0 Å². The van der Waals surface area contributed by atoms with Gasteiger partial charge in [-0.25, -0.2) is 4.79 Å². The van der Waals surface area contributed by atoms with Gasteiger partial charge >= 0.3 is 5.97 Å². The molecule has 0 radical (unpaired) electrons. The lowest BCUT2D eigenvalue weighted by atomic mass is 9.80. The largest absolute Gasteiger partial charge is 0.457 e. The summed E-state index contributed by atoms with van der Waals surface area (Å²) in [5, 5.41) is 11.6. The number of nitrogens with zero attached hydrogens (tertiary/aromatic N) is 2. The van der Waals surface area contributed by atoms with Crippen LogP contribution in [0.25, 0.3) is 0 Å². The summed E-state index contributed by atoms with van der Waals surface area (Å²) < 4.78 is 6.77. The average Bonchev–Trinajstić information content (AvgIpc) is 3.48. The third-order valence-corrected chi connectivity index (χ3v) is 7.57. The van der Waals surface area contributed by atoms with E-state index in [1.54, 1.807) is 0 Å². The van der Waals surface area contributed by atoms with Gasteiger partial charge in [-0.3, -0.25) is 4.98 Å². The highest BCUT2D eigenvalue weighted by Gasteiger charge is 2.48. The maximum Gasteiger partial charge on any atom is 0.343 e. The predicted molar refractivity (Wildman–Crippen MR) is 120 cm³/mol. The van der Waals surface area contributed by atoms with Gasteiger partial charge in [-0.2, -0.15) is 0 Å². The monoisotopic (exact) mass is 423 g/mol. The number of hydrogen-bond acceptors (Lipinski definition) is 4. The van der Waals surface area contributed by atoms with Crippen molar-refractivity contribution in [2.75, 3.05) is 26.7 Å². The number of aromatic nitrogens is 1. The van der Waals surface area contributed by atoms with Gasteiger partial charge in [0, 0.05) is 37.1 Å². The van der Waals surface area contributed by atoms with E-state index in [2.05, 4.69) is 18.1 Å². The highest BCUT2D eigenvalue weighted by atomic mass is 16.6. The van der Waals surface area contributed by atoms with E-state index < -0.39 is 11.6 Å². The lowest BCUT2D eigenvalue weighted by molar-refractivity contribution is -0.921. The third-order valence-electron chi connectivity index (χ3n) is 7.57. The average molecular weight is 424 g/mol. The fourth-order valence-electron chi connectivity index (χ4n) is 5.49. The van der Waals surface area contributed by atoms with Crippen LogP contribution in [0.3, 0.4) is 0 Å². The van der Waals surface area contributed by atoms with Gasteiger partial charge in [-0.05, 0) is 30.5 Å². The smallest absolute Gasteiger partial charge is 0.343 e. The fourth-order valence-corrected chi connectivity index (χ4v) is 5.49.